The van der Waals surface area contributed by atoms with Gasteiger partial charge in [-0.1, -0.05) is 6.07 Å². The number of hydrogen-bond acceptors (Lipinski definition) is 2. The van der Waals surface area contributed by atoms with Gasteiger partial charge in [0.05, 0.1) is 12.5 Å². The first kappa shape index (κ1) is 6.56. The molecule has 1 aromatic heterocycles. The smallest absolute Gasteiger partial charge is 0.252 e. The monoisotopic (exact) mass is 134 g/mol. The number of pyridine rings is 1. The molecule has 1 aromatic rings. The van der Waals surface area contributed by atoms with Crippen LogP contribution in [-0.4, -0.2) is 4.98 Å². The molecule has 1 heterocycles. The summed E-state index contributed by atoms with van der Waals surface area (Å²) in [5.74, 6) is 0. The number of nitrogens with zero attached hydrogens (tertiary/aromatic N) is 1. The second-order valence-electron chi connectivity index (χ2n) is 1.86. The minimum absolute atomic E-state index is 0.177. The zero-order valence-electron chi connectivity index (χ0n) is 5.29. The Balaban J connectivity index is 3.07. The maximum absolute atomic E-state index is 10.8. The van der Waals surface area contributed by atoms with E-state index in [0.29, 0.717) is 5.56 Å². The number of aromatic amines is 1. The zero-order valence-corrected chi connectivity index (χ0v) is 5.29. The van der Waals surface area contributed by atoms with Crippen molar-refractivity contribution in [3.63, 3.8) is 0 Å². The number of H-pyrrole nitrogens is 1. The molecule has 1 N–H and O–H groups in total. The molecular formula is C7H6N2O. The van der Waals surface area contributed by atoms with Gasteiger partial charge in [0, 0.05) is 11.8 Å². The molecule has 0 aromatic carbocycles. The number of hydrogen-bond donors (Lipinski definition) is 1. The number of nitrogens with one attached hydrogen (secondary N) is 1. The molecule has 0 aliphatic carbocycles. The van der Waals surface area contributed by atoms with E-state index in [1.54, 1.807) is 18.3 Å². The van der Waals surface area contributed by atoms with Crippen LogP contribution in [0.2, 0.25) is 0 Å². The number of nitriles is 1. The molecule has 1 rings (SSSR count). The Morgan fingerprint density at radius 2 is 2.50 bits per heavy atom. The van der Waals surface area contributed by atoms with E-state index in [1.165, 1.54) is 0 Å². The quantitative estimate of drug-likeness (QED) is 0.605. The molecule has 0 saturated carbocycles. The average molecular weight is 134 g/mol. The zero-order chi connectivity index (χ0) is 7.40. The Bertz CT molecular complexity index is 308. The van der Waals surface area contributed by atoms with Crippen molar-refractivity contribution >= 4 is 0 Å². The molecule has 0 aliphatic rings. The Hall–Kier alpha value is -1.56. The fraction of sp³-hybridized carbons (Fsp3) is 0.143. The van der Waals surface area contributed by atoms with Crippen molar-refractivity contribution in [2.24, 2.45) is 0 Å². The van der Waals surface area contributed by atoms with Gasteiger partial charge in [-0.3, -0.25) is 4.79 Å². The van der Waals surface area contributed by atoms with Gasteiger partial charge in [-0.05, 0) is 6.07 Å². The normalized spacial score (nSPS) is 8.70. The van der Waals surface area contributed by atoms with Crippen LogP contribution in [0, 0.1) is 11.3 Å². The minimum atomic E-state index is -0.177. The summed E-state index contributed by atoms with van der Waals surface area (Å²) in [6.45, 7) is 0. The van der Waals surface area contributed by atoms with E-state index < -0.39 is 0 Å². The molecule has 0 fully saturated rings. The molecule has 0 unspecified atom stereocenters. The highest BCUT2D eigenvalue weighted by atomic mass is 16.1. The Morgan fingerprint density at radius 3 is 3.10 bits per heavy atom. The van der Waals surface area contributed by atoms with Gasteiger partial charge in [0.25, 0.3) is 5.56 Å². The lowest BCUT2D eigenvalue weighted by molar-refractivity contribution is 1.13. The van der Waals surface area contributed by atoms with E-state index in [1.807, 2.05) is 6.07 Å². The maximum Gasteiger partial charge on any atom is 0.252 e. The number of rotatable bonds is 1. The van der Waals surface area contributed by atoms with E-state index >= 15 is 0 Å². The Kier molecular flexibility index (Phi) is 1.86. The lowest BCUT2D eigenvalue weighted by Gasteiger charge is -1.88. The Labute approximate surface area is 57.9 Å². The first-order valence-electron chi connectivity index (χ1n) is 2.88. The predicted molar refractivity (Wildman–Crippen MR) is 36.4 cm³/mol. The van der Waals surface area contributed by atoms with Crippen molar-refractivity contribution < 1.29 is 0 Å². The highest BCUT2D eigenvalue weighted by molar-refractivity contribution is 5.12. The predicted octanol–water partition coefficient (Wildman–Crippen LogP) is 0.441. The molecule has 10 heavy (non-hydrogen) atoms. The SMILES string of the molecule is N#CCc1ccc[nH]c1=O. The van der Waals surface area contributed by atoms with Crippen LogP contribution in [0.3, 0.4) is 0 Å². The summed E-state index contributed by atoms with van der Waals surface area (Å²) < 4.78 is 0. The third kappa shape index (κ3) is 1.23. The fourth-order valence-electron chi connectivity index (χ4n) is 0.681. The van der Waals surface area contributed by atoms with Crippen LogP contribution in [0.4, 0.5) is 0 Å². The van der Waals surface area contributed by atoms with Crippen LogP contribution in [0.25, 0.3) is 0 Å². The second-order valence-corrected chi connectivity index (χ2v) is 1.86. The molecule has 0 atom stereocenters. The van der Waals surface area contributed by atoms with E-state index in [2.05, 4.69) is 4.98 Å². The van der Waals surface area contributed by atoms with Crippen molar-refractivity contribution in [3.8, 4) is 6.07 Å². The molecule has 0 spiro atoms. The van der Waals surface area contributed by atoms with Crippen LogP contribution in [0.5, 0.6) is 0 Å². The highest BCUT2D eigenvalue weighted by Crippen LogP contribution is 1.87. The highest BCUT2D eigenvalue weighted by Gasteiger charge is 1.93. The lowest BCUT2D eigenvalue weighted by atomic mass is 10.2. The van der Waals surface area contributed by atoms with Gasteiger partial charge in [-0.2, -0.15) is 5.26 Å². The topological polar surface area (TPSA) is 56.6 Å². The molecule has 0 radical (unpaired) electrons. The van der Waals surface area contributed by atoms with Gasteiger partial charge >= 0.3 is 0 Å². The summed E-state index contributed by atoms with van der Waals surface area (Å²) in [4.78, 5) is 13.3. The second kappa shape index (κ2) is 2.83. The van der Waals surface area contributed by atoms with Gasteiger partial charge in [0.2, 0.25) is 0 Å². The van der Waals surface area contributed by atoms with Crippen molar-refractivity contribution in [2.45, 2.75) is 6.42 Å². The molecule has 3 nitrogen and oxygen atoms in total. The maximum atomic E-state index is 10.8. The van der Waals surface area contributed by atoms with Crippen molar-refractivity contribution in [2.75, 3.05) is 0 Å². The van der Waals surface area contributed by atoms with Crippen LogP contribution in [-0.2, 0) is 6.42 Å². The van der Waals surface area contributed by atoms with Gasteiger partial charge in [-0.15, -0.1) is 0 Å². The standard InChI is InChI=1S/C7H6N2O/c8-4-3-6-2-1-5-9-7(6)10/h1-2,5H,3H2,(H,9,10). The summed E-state index contributed by atoms with van der Waals surface area (Å²) in [6, 6.07) is 5.25. The summed E-state index contributed by atoms with van der Waals surface area (Å²) in [6.07, 6.45) is 1.72. The summed E-state index contributed by atoms with van der Waals surface area (Å²) in [5.41, 5.74) is 0.342. The summed E-state index contributed by atoms with van der Waals surface area (Å²) >= 11 is 0. The van der Waals surface area contributed by atoms with Crippen molar-refractivity contribution in [1.29, 1.82) is 5.26 Å². The van der Waals surface area contributed by atoms with E-state index in [-0.39, 0.29) is 12.0 Å². The summed E-state index contributed by atoms with van der Waals surface area (Å²) in [5, 5.41) is 8.24. The van der Waals surface area contributed by atoms with Gasteiger partial charge in [-0.25, -0.2) is 0 Å². The van der Waals surface area contributed by atoms with Crippen molar-refractivity contribution in [1.82, 2.24) is 4.98 Å². The number of aromatic nitrogens is 1. The van der Waals surface area contributed by atoms with E-state index in [9.17, 15) is 4.79 Å². The first-order valence-corrected chi connectivity index (χ1v) is 2.88. The molecule has 0 amide bonds. The van der Waals surface area contributed by atoms with Gasteiger partial charge < -0.3 is 4.98 Å². The van der Waals surface area contributed by atoms with Crippen LogP contribution < -0.4 is 5.56 Å². The van der Waals surface area contributed by atoms with Crippen molar-refractivity contribution in [3.05, 3.63) is 34.2 Å². The molecular weight excluding hydrogens is 128 g/mol. The fourth-order valence-corrected chi connectivity index (χ4v) is 0.681. The van der Waals surface area contributed by atoms with E-state index in [4.69, 9.17) is 5.26 Å². The average Bonchev–Trinajstić information content (AvgIpc) is 1.94. The van der Waals surface area contributed by atoms with Gasteiger partial charge in [0.1, 0.15) is 0 Å². The van der Waals surface area contributed by atoms with Crippen LogP contribution in [0.1, 0.15) is 5.56 Å². The molecule has 50 valence electrons. The largest absolute Gasteiger partial charge is 0.329 e. The first-order chi connectivity index (χ1) is 4.84. The molecule has 0 bridgehead atoms. The summed E-state index contributed by atoms with van der Waals surface area (Å²) in [7, 11) is 0. The third-order valence-corrected chi connectivity index (χ3v) is 1.17. The van der Waals surface area contributed by atoms with Gasteiger partial charge in [0.15, 0.2) is 0 Å². The molecule has 3 heteroatoms. The Morgan fingerprint density at radius 1 is 1.70 bits per heavy atom. The molecule has 0 saturated heterocycles. The van der Waals surface area contributed by atoms with Crippen LogP contribution in [0.15, 0.2) is 23.1 Å². The molecule has 0 aliphatic heterocycles. The van der Waals surface area contributed by atoms with E-state index in [0.717, 1.165) is 0 Å². The minimum Gasteiger partial charge on any atom is -0.329 e. The lowest BCUT2D eigenvalue weighted by Crippen LogP contribution is -2.09. The third-order valence-electron chi connectivity index (χ3n) is 1.17. The van der Waals surface area contributed by atoms with Crippen LogP contribution >= 0.6 is 0 Å².